The predicted molar refractivity (Wildman–Crippen MR) is 55.3 cm³/mol. The maximum Gasteiger partial charge on any atom is 0.128 e. The minimum Gasteiger partial charge on any atom is -0.496 e. The summed E-state index contributed by atoms with van der Waals surface area (Å²) in [4.78, 5) is 0. The third kappa shape index (κ3) is 1.96. The van der Waals surface area contributed by atoms with E-state index in [1.807, 2.05) is 25.1 Å². The van der Waals surface area contributed by atoms with Crippen LogP contribution in [0.5, 0.6) is 5.75 Å². The number of methoxy groups -OCH3 is 1. The first-order valence-corrected chi connectivity index (χ1v) is 4.28. The lowest BCUT2D eigenvalue weighted by molar-refractivity contribution is 0.414. The van der Waals surface area contributed by atoms with Gasteiger partial charge < -0.3 is 4.74 Å². The summed E-state index contributed by atoms with van der Waals surface area (Å²) >= 11 is 10.5. The highest BCUT2D eigenvalue weighted by Gasteiger charge is 2.05. The largest absolute Gasteiger partial charge is 0.496 e. The van der Waals surface area contributed by atoms with Crippen LogP contribution in [0.2, 0.25) is 0 Å². The monoisotopic (exact) mass is 200 g/mol. The number of hydrogen-bond donors (Lipinski definition) is 0. The van der Waals surface area contributed by atoms with E-state index in [0.29, 0.717) is 4.32 Å². The lowest BCUT2D eigenvalue weighted by Crippen LogP contribution is -1.94. The number of rotatable bonds is 2. The van der Waals surface area contributed by atoms with Crippen molar-refractivity contribution in [3.63, 3.8) is 0 Å². The quantitative estimate of drug-likeness (QED) is 0.536. The van der Waals surface area contributed by atoms with Crippen molar-refractivity contribution in [2.75, 3.05) is 7.11 Å². The molecule has 0 unspecified atom stereocenters. The van der Waals surface area contributed by atoms with Crippen LogP contribution in [0.1, 0.15) is 11.1 Å². The summed E-state index contributed by atoms with van der Waals surface area (Å²) in [5.74, 6) is 0.731. The average Bonchev–Trinajstić information content (AvgIpc) is 2.03. The molecule has 0 aromatic heterocycles. The van der Waals surface area contributed by atoms with Crippen LogP contribution in [0, 0.1) is 6.92 Å². The van der Waals surface area contributed by atoms with Gasteiger partial charge in [-0.2, -0.15) is 0 Å². The zero-order valence-electron chi connectivity index (χ0n) is 6.93. The van der Waals surface area contributed by atoms with Crippen molar-refractivity contribution in [1.82, 2.24) is 0 Å². The Morgan fingerprint density at radius 2 is 2.17 bits per heavy atom. The third-order valence-corrected chi connectivity index (χ3v) is 1.99. The van der Waals surface area contributed by atoms with Gasteiger partial charge in [-0.25, -0.2) is 0 Å². The number of halogens is 1. The minimum atomic E-state index is 0.340. The van der Waals surface area contributed by atoms with Crippen molar-refractivity contribution in [3.05, 3.63) is 29.3 Å². The molecule has 0 heterocycles. The Morgan fingerprint density at radius 1 is 1.50 bits per heavy atom. The minimum absolute atomic E-state index is 0.340. The van der Waals surface area contributed by atoms with Crippen LogP contribution in [0.4, 0.5) is 0 Å². The highest BCUT2D eigenvalue weighted by Crippen LogP contribution is 2.21. The van der Waals surface area contributed by atoms with E-state index in [0.717, 1.165) is 16.9 Å². The molecule has 0 radical (unpaired) electrons. The lowest BCUT2D eigenvalue weighted by Gasteiger charge is -2.06. The van der Waals surface area contributed by atoms with Crippen molar-refractivity contribution in [2.45, 2.75) is 6.92 Å². The Bertz CT molecular complexity index is 309. The maximum absolute atomic E-state index is 5.69. The molecule has 1 aromatic rings. The van der Waals surface area contributed by atoms with Gasteiger partial charge >= 0.3 is 0 Å². The lowest BCUT2D eigenvalue weighted by atomic mass is 10.1. The summed E-state index contributed by atoms with van der Waals surface area (Å²) in [5.41, 5.74) is 1.91. The summed E-state index contributed by atoms with van der Waals surface area (Å²) < 4.78 is 5.46. The Kier molecular flexibility index (Phi) is 3.06. The Balaban J connectivity index is 3.20. The van der Waals surface area contributed by atoms with E-state index < -0.39 is 0 Å². The van der Waals surface area contributed by atoms with Crippen LogP contribution < -0.4 is 4.74 Å². The standard InChI is InChI=1S/C9H9ClOS/c1-6-3-4-7(9(10)12)8(5-6)11-2/h3-5H,1-2H3. The van der Waals surface area contributed by atoms with Gasteiger partial charge in [-0.1, -0.05) is 29.9 Å². The first kappa shape index (κ1) is 9.49. The zero-order chi connectivity index (χ0) is 9.14. The molecule has 0 saturated heterocycles. The number of aryl methyl sites for hydroxylation is 1. The van der Waals surface area contributed by atoms with E-state index in [-0.39, 0.29) is 0 Å². The van der Waals surface area contributed by atoms with Crippen molar-refractivity contribution in [3.8, 4) is 5.75 Å². The summed E-state index contributed by atoms with van der Waals surface area (Å²) in [6.45, 7) is 1.99. The molecule has 0 aliphatic heterocycles. The molecule has 0 fully saturated rings. The van der Waals surface area contributed by atoms with Crippen molar-refractivity contribution in [2.24, 2.45) is 0 Å². The molecule has 0 N–H and O–H groups in total. The molecule has 1 rings (SSSR count). The molecule has 0 aliphatic rings. The van der Waals surface area contributed by atoms with Gasteiger partial charge in [-0.15, -0.1) is 0 Å². The predicted octanol–water partition coefficient (Wildman–Crippen LogP) is 2.92. The fourth-order valence-corrected chi connectivity index (χ4v) is 1.29. The van der Waals surface area contributed by atoms with Gasteiger partial charge in [0.15, 0.2) is 0 Å². The zero-order valence-corrected chi connectivity index (χ0v) is 8.50. The van der Waals surface area contributed by atoms with E-state index in [1.54, 1.807) is 7.11 Å². The van der Waals surface area contributed by atoms with Crippen LogP contribution in [0.15, 0.2) is 18.2 Å². The molecule has 0 spiro atoms. The van der Waals surface area contributed by atoms with Crippen LogP contribution in [0.25, 0.3) is 0 Å². The summed E-state index contributed by atoms with van der Waals surface area (Å²) in [6.07, 6.45) is 0. The van der Waals surface area contributed by atoms with Crippen LogP contribution >= 0.6 is 23.8 Å². The maximum atomic E-state index is 5.69. The molecular weight excluding hydrogens is 192 g/mol. The van der Waals surface area contributed by atoms with E-state index in [1.165, 1.54) is 0 Å². The summed E-state index contributed by atoms with van der Waals surface area (Å²) in [6, 6.07) is 5.72. The van der Waals surface area contributed by atoms with Crippen molar-refractivity contribution >= 4 is 28.1 Å². The van der Waals surface area contributed by atoms with Gasteiger partial charge in [0.2, 0.25) is 0 Å². The molecule has 0 amide bonds. The Morgan fingerprint density at radius 3 is 2.67 bits per heavy atom. The third-order valence-electron chi connectivity index (χ3n) is 1.57. The van der Waals surface area contributed by atoms with Gasteiger partial charge in [-0.3, -0.25) is 0 Å². The van der Waals surface area contributed by atoms with Gasteiger partial charge in [0.25, 0.3) is 0 Å². The molecule has 0 bridgehead atoms. The van der Waals surface area contributed by atoms with Crippen LogP contribution in [0.3, 0.4) is 0 Å². The van der Waals surface area contributed by atoms with Gasteiger partial charge in [0, 0.05) is 5.56 Å². The van der Waals surface area contributed by atoms with Crippen LogP contribution in [-0.4, -0.2) is 11.4 Å². The molecule has 0 saturated carbocycles. The number of ether oxygens (including phenoxy) is 1. The number of benzene rings is 1. The highest BCUT2D eigenvalue weighted by atomic mass is 35.5. The first-order valence-electron chi connectivity index (χ1n) is 3.49. The van der Waals surface area contributed by atoms with Gasteiger partial charge in [-0.05, 0) is 24.6 Å². The van der Waals surface area contributed by atoms with Crippen molar-refractivity contribution in [1.29, 1.82) is 0 Å². The SMILES string of the molecule is COc1cc(C)ccc1C(=S)Cl. The van der Waals surface area contributed by atoms with Gasteiger partial charge in [0.05, 0.1) is 7.11 Å². The first-order chi connectivity index (χ1) is 5.65. The molecule has 1 nitrogen and oxygen atoms in total. The van der Waals surface area contributed by atoms with E-state index in [4.69, 9.17) is 28.6 Å². The molecular formula is C9H9ClOS. The van der Waals surface area contributed by atoms with Crippen molar-refractivity contribution < 1.29 is 4.74 Å². The molecule has 3 heteroatoms. The average molecular weight is 201 g/mol. The Labute approximate surface area is 82.3 Å². The number of hydrogen-bond acceptors (Lipinski definition) is 2. The molecule has 64 valence electrons. The van der Waals surface area contributed by atoms with E-state index in [2.05, 4.69) is 0 Å². The second-order valence-corrected chi connectivity index (χ2v) is 3.49. The second-order valence-electron chi connectivity index (χ2n) is 2.48. The molecule has 12 heavy (non-hydrogen) atoms. The normalized spacial score (nSPS) is 9.58. The summed E-state index contributed by atoms with van der Waals surface area (Å²) in [7, 11) is 1.60. The van der Waals surface area contributed by atoms with E-state index in [9.17, 15) is 0 Å². The van der Waals surface area contributed by atoms with Gasteiger partial charge in [0.1, 0.15) is 10.1 Å². The van der Waals surface area contributed by atoms with E-state index >= 15 is 0 Å². The molecule has 0 aliphatic carbocycles. The second kappa shape index (κ2) is 3.87. The Hall–Kier alpha value is -0.600. The topological polar surface area (TPSA) is 9.23 Å². The fraction of sp³-hybridized carbons (Fsp3) is 0.222. The molecule has 1 aromatic carbocycles. The smallest absolute Gasteiger partial charge is 0.128 e. The van der Waals surface area contributed by atoms with Crippen LogP contribution in [-0.2, 0) is 0 Å². The fourth-order valence-electron chi connectivity index (χ4n) is 0.961. The number of thiocarbonyl (C=S) groups is 1. The summed E-state index contributed by atoms with van der Waals surface area (Å²) in [5, 5.41) is 0. The molecule has 0 atom stereocenters. The highest BCUT2D eigenvalue weighted by molar-refractivity contribution is 7.83.